The van der Waals surface area contributed by atoms with Crippen molar-refractivity contribution in [3.8, 4) is 17.2 Å². The van der Waals surface area contributed by atoms with Crippen LogP contribution in [0.5, 0.6) is 17.2 Å². The summed E-state index contributed by atoms with van der Waals surface area (Å²) in [5, 5.41) is 11.4. The van der Waals surface area contributed by atoms with Crippen LogP contribution in [0.25, 0.3) is 10.9 Å². The van der Waals surface area contributed by atoms with Gasteiger partial charge in [0.15, 0.2) is 11.5 Å². The number of aliphatic hydroxyl groups excluding tert-OH is 1. The molecule has 1 aromatic heterocycles. The van der Waals surface area contributed by atoms with Crippen LogP contribution in [-0.2, 0) is 6.54 Å². The number of benzene rings is 2. The zero-order valence-corrected chi connectivity index (χ0v) is 16.7. The Balaban J connectivity index is 1.77. The Bertz CT molecular complexity index is 1050. The van der Waals surface area contributed by atoms with Crippen molar-refractivity contribution >= 4 is 34.1 Å². The Morgan fingerprint density at radius 2 is 1.82 bits per heavy atom. The maximum absolute atomic E-state index is 12.7. The number of halogens is 2. The van der Waals surface area contributed by atoms with Crippen LogP contribution < -0.4 is 19.8 Å². The van der Waals surface area contributed by atoms with Gasteiger partial charge in [-0.2, -0.15) is 0 Å². The molecule has 0 saturated carbocycles. The van der Waals surface area contributed by atoms with Crippen LogP contribution in [0.3, 0.4) is 0 Å². The second kappa shape index (κ2) is 8.68. The minimum Gasteiger partial charge on any atom is -0.493 e. The molecule has 148 valence electrons. The molecule has 1 atom stereocenters. The van der Waals surface area contributed by atoms with E-state index in [4.69, 9.17) is 37.4 Å². The molecular formula is C19H18Cl2N2O5. The second-order valence-electron chi connectivity index (χ2n) is 5.97. The average molecular weight is 425 g/mol. The summed E-state index contributed by atoms with van der Waals surface area (Å²) in [5.41, 5.74) is 0.159. The molecule has 0 saturated heterocycles. The van der Waals surface area contributed by atoms with E-state index in [1.807, 2.05) is 0 Å². The molecule has 0 aliphatic heterocycles. The molecule has 0 aliphatic rings. The quantitative estimate of drug-likeness (QED) is 0.626. The number of hydrogen-bond acceptors (Lipinski definition) is 6. The number of methoxy groups -OCH3 is 2. The third-order valence-electron chi connectivity index (χ3n) is 4.06. The van der Waals surface area contributed by atoms with Crippen LogP contribution in [0.15, 0.2) is 41.5 Å². The van der Waals surface area contributed by atoms with E-state index in [0.29, 0.717) is 38.2 Å². The summed E-state index contributed by atoms with van der Waals surface area (Å²) in [6.07, 6.45) is 0.415. The normalized spacial score (nSPS) is 12.0. The van der Waals surface area contributed by atoms with E-state index in [1.165, 1.54) is 25.1 Å². The lowest BCUT2D eigenvalue weighted by atomic mass is 10.2. The maximum atomic E-state index is 12.7. The van der Waals surface area contributed by atoms with Gasteiger partial charge < -0.3 is 19.3 Å². The van der Waals surface area contributed by atoms with Crippen molar-refractivity contribution in [2.75, 3.05) is 20.8 Å². The SMILES string of the molecule is COc1cc2ncn(C[C@H](O)COc3ccc(Cl)cc3Cl)c(=O)c2cc1OC. The van der Waals surface area contributed by atoms with E-state index in [9.17, 15) is 9.90 Å². The fourth-order valence-corrected chi connectivity index (χ4v) is 3.14. The molecule has 2 aromatic carbocycles. The molecule has 7 nitrogen and oxygen atoms in total. The van der Waals surface area contributed by atoms with Crippen molar-refractivity contribution in [1.29, 1.82) is 0 Å². The van der Waals surface area contributed by atoms with Gasteiger partial charge in [0, 0.05) is 11.1 Å². The van der Waals surface area contributed by atoms with Crippen LogP contribution in [0.4, 0.5) is 0 Å². The number of nitrogens with zero attached hydrogens (tertiary/aromatic N) is 2. The van der Waals surface area contributed by atoms with Crippen molar-refractivity contribution in [3.05, 3.63) is 57.1 Å². The van der Waals surface area contributed by atoms with Crippen LogP contribution >= 0.6 is 23.2 Å². The molecule has 0 spiro atoms. The van der Waals surface area contributed by atoms with E-state index in [1.54, 1.807) is 30.3 Å². The zero-order valence-electron chi connectivity index (χ0n) is 15.2. The first-order chi connectivity index (χ1) is 13.4. The number of rotatable bonds is 7. The Morgan fingerprint density at radius 1 is 1.11 bits per heavy atom. The predicted octanol–water partition coefficient (Wildman–Crippen LogP) is 3.16. The lowest BCUT2D eigenvalue weighted by molar-refractivity contribution is 0.0915. The van der Waals surface area contributed by atoms with Gasteiger partial charge >= 0.3 is 0 Å². The highest BCUT2D eigenvalue weighted by Crippen LogP contribution is 2.30. The summed E-state index contributed by atoms with van der Waals surface area (Å²) in [6, 6.07) is 7.98. The highest BCUT2D eigenvalue weighted by atomic mass is 35.5. The van der Waals surface area contributed by atoms with Crippen molar-refractivity contribution < 1.29 is 19.3 Å². The van der Waals surface area contributed by atoms with Crippen molar-refractivity contribution in [1.82, 2.24) is 9.55 Å². The zero-order chi connectivity index (χ0) is 20.3. The highest BCUT2D eigenvalue weighted by Gasteiger charge is 2.14. The highest BCUT2D eigenvalue weighted by molar-refractivity contribution is 6.35. The van der Waals surface area contributed by atoms with E-state index in [-0.39, 0.29) is 18.7 Å². The van der Waals surface area contributed by atoms with Gasteiger partial charge in [-0.05, 0) is 24.3 Å². The smallest absolute Gasteiger partial charge is 0.261 e. The molecule has 0 amide bonds. The van der Waals surface area contributed by atoms with Gasteiger partial charge in [0.2, 0.25) is 0 Å². The first kappa shape index (κ1) is 20.3. The molecule has 1 N–H and O–H groups in total. The molecule has 0 unspecified atom stereocenters. The summed E-state index contributed by atoms with van der Waals surface area (Å²) in [6.45, 7) is -0.0565. The van der Waals surface area contributed by atoms with E-state index >= 15 is 0 Å². The molecule has 1 heterocycles. The monoisotopic (exact) mass is 424 g/mol. The van der Waals surface area contributed by atoms with Gasteiger partial charge in [-0.3, -0.25) is 9.36 Å². The number of ether oxygens (including phenoxy) is 3. The Morgan fingerprint density at radius 3 is 2.50 bits per heavy atom. The summed E-state index contributed by atoms with van der Waals surface area (Å²) in [7, 11) is 3.00. The summed E-state index contributed by atoms with van der Waals surface area (Å²) in [5.74, 6) is 1.30. The fourth-order valence-electron chi connectivity index (χ4n) is 2.67. The third-order valence-corrected chi connectivity index (χ3v) is 4.59. The number of hydrogen-bond donors (Lipinski definition) is 1. The standard InChI is InChI=1S/C19H18Cl2N2O5/c1-26-17-6-13-15(7-18(17)27-2)22-10-23(19(13)25)8-12(24)9-28-16-4-3-11(20)5-14(16)21/h3-7,10,12,24H,8-9H2,1-2H3/t12-/m0/s1. The summed E-state index contributed by atoms with van der Waals surface area (Å²) < 4.78 is 17.3. The molecule has 3 aromatic rings. The predicted molar refractivity (Wildman–Crippen MR) is 107 cm³/mol. The van der Waals surface area contributed by atoms with E-state index < -0.39 is 6.10 Å². The summed E-state index contributed by atoms with van der Waals surface area (Å²) in [4.78, 5) is 17.0. The van der Waals surface area contributed by atoms with Crippen molar-refractivity contribution in [2.45, 2.75) is 12.6 Å². The number of aliphatic hydroxyl groups is 1. The van der Waals surface area contributed by atoms with Crippen LogP contribution in [0, 0.1) is 0 Å². The first-order valence-corrected chi connectivity index (χ1v) is 9.05. The van der Waals surface area contributed by atoms with Crippen LogP contribution in [0.2, 0.25) is 10.0 Å². The van der Waals surface area contributed by atoms with Gasteiger partial charge in [0.25, 0.3) is 5.56 Å². The van der Waals surface area contributed by atoms with Gasteiger partial charge in [0.1, 0.15) is 18.5 Å². The Labute approximate surface area is 171 Å². The lowest BCUT2D eigenvalue weighted by Crippen LogP contribution is -2.30. The second-order valence-corrected chi connectivity index (χ2v) is 6.81. The van der Waals surface area contributed by atoms with Crippen LogP contribution in [-0.4, -0.2) is 41.6 Å². The van der Waals surface area contributed by atoms with Crippen LogP contribution in [0.1, 0.15) is 0 Å². The number of aromatic nitrogens is 2. The molecule has 28 heavy (non-hydrogen) atoms. The topological polar surface area (TPSA) is 82.8 Å². The Hall–Kier alpha value is -2.48. The molecule has 9 heteroatoms. The van der Waals surface area contributed by atoms with Crippen molar-refractivity contribution in [2.24, 2.45) is 0 Å². The summed E-state index contributed by atoms with van der Waals surface area (Å²) >= 11 is 11.9. The fraction of sp³-hybridized carbons (Fsp3) is 0.263. The molecule has 0 bridgehead atoms. The minimum absolute atomic E-state index is 0.00132. The lowest BCUT2D eigenvalue weighted by Gasteiger charge is -2.15. The first-order valence-electron chi connectivity index (χ1n) is 8.30. The number of fused-ring (bicyclic) bond motifs is 1. The maximum Gasteiger partial charge on any atom is 0.261 e. The van der Waals surface area contributed by atoms with Gasteiger partial charge in [-0.1, -0.05) is 23.2 Å². The largest absolute Gasteiger partial charge is 0.493 e. The average Bonchev–Trinajstić information content (AvgIpc) is 2.68. The molecule has 0 fully saturated rings. The minimum atomic E-state index is -0.955. The molecule has 0 aliphatic carbocycles. The molecule has 3 rings (SSSR count). The van der Waals surface area contributed by atoms with E-state index in [0.717, 1.165) is 0 Å². The van der Waals surface area contributed by atoms with Gasteiger partial charge in [-0.25, -0.2) is 4.98 Å². The van der Waals surface area contributed by atoms with Crippen molar-refractivity contribution in [3.63, 3.8) is 0 Å². The molecule has 0 radical (unpaired) electrons. The van der Waals surface area contributed by atoms with E-state index in [2.05, 4.69) is 4.98 Å². The Kier molecular flexibility index (Phi) is 6.28. The third kappa shape index (κ3) is 4.32. The van der Waals surface area contributed by atoms with Gasteiger partial charge in [-0.15, -0.1) is 0 Å². The molecular weight excluding hydrogens is 407 g/mol. The van der Waals surface area contributed by atoms with Gasteiger partial charge in [0.05, 0.1) is 43.0 Å².